The number of carboxylic acid groups (broad SMARTS) is 1. The van der Waals surface area contributed by atoms with Gasteiger partial charge < -0.3 is 10.0 Å². The van der Waals surface area contributed by atoms with E-state index >= 15 is 0 Å². The van der Waals surface area contributed by atoms with E-state index in [2.05, 4.69) is 0 Å². The summed E-state index contributed by atoms with van der Waals surface area (Å²) < 4.78 is 0. The fourth-order valence-corrected chi connectivity index (χ4v) is 4.21. The lowest BCUT2D eigenvalue weighted by atomic mass is 10.1. The summed E-state index contributed by atoms with van der Waals surface area (Å²) in [6, 6.07) is 4.40. The molecule has 2 rings (SSSR count). The van der Waals surface area contributed by atoms with E-state index in [1.807, 2.05) is 26.8 Å². The Hall–Kier alpha value is -1.20. The van der Waals surface area contributed by atoms with E-state index in [0.29, 0.717) is 16.3 Å². The molecule has 2 atom stereocenters. The number of benzene rings is 1. The Balaban J connectivity index is 2.39. The summed E-state index contributed by atoms with van der Waals surface area (Å²) in [7, 11) is 0. The van der Waals surface area contributed by atoms with Gasteiger partial charge in [0.25, 0.3) is 5.91 Å². The minimum absolute atomic E-state index is 0.143. The van der Waals surface area contributed by atoms with E-state index in [4.69, 9.17) is 11.6 Å². The molecular weight excluding hydrogens is 310 g/mol. The number of hydrogen-bond donors (Lipinski definition) is 1. The van der Waals surface area contributed by atoms with Gasteiger partial charge in [-0.25, -0.2) is 4.79 Å². The monoisotopic (exact) mass is 327 g/mol. The molecular formula is C15H18ClNO3S. The van der Waals surface area contributed by atoms with E-state index in [1.165, 1.54) is 16.7 Å². The Bertz CT molecular complexity index is 576. The normalized spacial score (nSPS) is 21.9. The fourth-order valence-electron chi connectivity index (χ4n) is 2.42. The maximum atomic E-state index is 12.8. The van der Waals surface area contributed by atoms with Crippen LogP contribution in [0.1, 0.15) is 29.8 Å². The predicted molar refractivity (Wildman–Crippen MR) is 84.9 cm³/mol. The SMILES string of the molecule is Cc1ccc(C(=O)N2C(C(=O)O)CSC2C(C)C)c(Cl)c1. The lowest BCUT2D eigenvalue weighted by Crippen LogP contribution is -2.47. The molecule has 1 saturated heterocycles. The molecule has 1 aliphatic rings. The van der Waals surface area contributed by atoms with Crippen molar-refractivity contribution in [2.24, 2.45) is 5.92 Å². The van der Waals surface area contributed by atoms with Crippen molar-refractivity contribution < 1.29 is 14.7 Å². The summed E-state index contributed by atoms with van der Waals surface area (Å²) in [5.74, 6) is -0.696. The molecule has 1 fully saturated rings. The first-order valence-corrected chi connectivity index (χ1v) is 8.18. The van der Waals surface area contributed by atoms with Gasteiger partial charge in [0.15, 0.2) is 0 Å². The smallest absolute Gasteiger partial charge is 0.327 e. The lowest BCUT2D eigenvalue weighted by molar-refractivity contribution is -0.141. The van der Waals surface area contributed by atoms with E-state index < -0.39 is 12.0 Å². The van der Waals surface area contributed by atoms with Crippen molar-refractivity contribution in [3.63, 3.8) is 0 Å². The summed E-state index contributed by atoms with van der Waals surface area (Å²) >= 11 is 7.66. The number of carbonyl (C=O) groups is 2. The fraction of sp³-hybridized carbons (Fsp3) is 0.467. The minimum atomic E-state index is -0.970. The second kappa shape index (κ2) is 6.28. The number of carboxylic acids is 1. The van der Waals surface area contributed by atoms with Crippen molar-refractivity contribution in [2.75, 3.05) is 5.75 Å². The molecule has 1 aromatic carbocycles. The number of carbonyl (C=O) groups excluding carboxylic acids is 1. The van der Waals surface area contributed by atoms with Crippen LogP contribution in [0.15, 0.2) is 18.2 Å². The molecule has 21 heavy (non-hydrogen) atoms. The van der Waals surface area contributed by atoms with Gasteiger partial charge in [-0.15, -0.1) is 11.8 Å². The van der Waals surface area contributed by atoms with Gasteiger partial charge >= 0.3 is 5.97 Å². The number of thioether (sulfide) groups is 1. The highest BCUT2D eigenvalue weighted by Crippen LogP contribution is 2.36. The zero-order valence-electron chi connectivity index (χ0n) is 12.2. The molecule has 2 unspecified atom stereocenters. The Morgan fingerprint density at radius 1 is 1.43 bits per heavy atom. The number of halogens is 1. The molecule has 1 amide bonds. The summed E-state index contributed by atoms with van der Waals surface area (Å²) in [5, 5.41) is 9.57. The highest BCUT2D eigenvalue weighted by atomic mass is 35.5. The number of aliphatic carboxylic acids is 1. The topological polar surface area (TPSA) is 57.6 Å². The number of rotatable bonds is 3. The zero-order chi connectivity index (χ0) is 15.7. The van der Waals surface area contributed by atoms with Crippen molar-refractivity contribution in [3.8, 4) is 0 Å². The quantitative estimate of drug-likeness (QED) is 0.925. The largest absolute Gasteiger partial charge is 0.480 e. The van der Waals surface area contributed by atoms with Crippen molar-refractivity contribution in [2.45, 2.75) is 32.2 Å². The number of aryl methyl sites for hydroxylation is 1. The van der Waals surface area contributed by atoms with Crippen LogP contribution in [0.5, 0.6) is 0 Å². The van der Waals surface area contributed by atoms with Gasteiger partial charge in [0.2, 0.25) is 0 Å². The molecule has 0 radical (unpaired) electrons. The predicted octanol–water partition coefficient (Wildman–Crippen LogP) is 3.27. The average Bonchev–Trinajstić information content (AvgIpc) is 2.82. The third-order valence-corrected chi connectivity index (χ3v) is 5.41. The first-order chi connectivity index (χ1) is 9.82. The summed E-state index contributed by atoms with van der Waals surface area (Å²) in [4.78, 5) is 25.7. The molecule has 0 saturated carbocycles. The molecule has 1 N–H and O–H groups in total. The van der Waals surface area contributed by atoms with E-state index in [-0.39, 0.29) is 17.2 Å². The standard InChI is InChI=1S/C15H18ClNO3S/c1-8(2)14-17(12(7-21-14)15(19)20)13(18)10-5-4-9(3)6-11(10)16/h4-6,8,12,14H,7H2,1-3H3,(H,19,20). The van der Waals surface area contributed by atoms with Crippen LogP contribution in [-0.2, 0) is 4.79 Å². The average molecular weight is 328 g/mol. The molecule has 6 heteroatoms. The van der Waals surface area contributed by atoms with Crippen molar-refractivity contribution in [1.29, 1.82) is 0 Å². The Morgan fingerprint density at radius 3 is 2.62 bits per heavy atom. The molecule has 1 aromatic rings. The van der Waals surface area contributed by atoms with Gasteiger partial charge in [-0.3, -0.25) is 4.79 Å². The van der Waals surface area contributed by atoms with Gasteiger partial charge in [-0.1, -0.05) is 31.5 Å². The van der Waals surface area contributed by atoms with Crippen LogP contribution in [0.25, 0.3) is 0 Å². The third-order valence-electron chi connectivity index (χ3n) is 3.48. The minimum Gasteiger partial charge on any atom is -0.480 e. The number of hydrogen-bond acceptors (Lipinski definition) is 3. The van der Waals surface area contributed by atoms with Gasteiger partial charge in [0, 0.05) is 5.75 Å². The molecule has 0 aliphatic carbocycles. The summed E-state index contributed by atoms with van der Waals surface area (Å²) in [6.45, 7) is 5.86. The highest BCUT2D eigenvalue weighted by molar-refractivity contribution is 8.00. The van der Waals surface area contributed by atoms with E-state index in [9.17, 15) is 14.7 Å². The zero-order valence-corrected chi connectivity index (χ0v) is 13.7. The molecule has 0 bridgehead atoms. The van der Waals surface area contributed by atoms with Crippen LogP contribution in [-0.4, -0.2) is 39.1 Å². The maximum Gasteiger partial charge on any atom is 0.327 e. The summed E-state index contributed by atoms with van der Waals surface area (Å²) in [5.41, 5.74) is 1.32. The van der Waals surface area contributed by atoms with Crippen LogP contribution in [0.3, 0.4) is 0 Å². The van der Waals surface area contributed by atoms with Crippen LogP contribution in [0.4, 0.5) is 0 Å². The summed E-state index contributed by atoms with van der Waals surface area (Å²) in [6.07, 6.45) is 0. The molecule has 4 nitrogen and oxygen atoms in total. The van der Waals surface area contributed by atoms with Gasteiger partial charge in [-0.2, -0.15) is 0 Å². The van der Waals surface area contributed by atoms with Crippen LogP contribution in [0, 0.1) is 12.8 Å². The van der Waals surface area contributed by atoms with Gasteiger partial charge in [0.05, 0.1) is 16.0 Å². The lowest BCUT2D eigenvalue weighted by Gasteiger charge is -2.30. The Kier molecular flexibility index (Phi) is 4.84. The van der Waals surface area contributed by atoms with E-state index in [1.54, 1.807) is 12.1 Å². The number of amides is 1. The Labute approximate surface area is 133 Å². The third kappa shape index (κ3) is 3.19. The van der Waals surface area contributed by atoms with Crippen molar-refractivity contribution >= 4 is 35.2 Å². The molecule has 1 heterocycles. The maximum absolute atomic E-state index is 12.8. The number of nitrogens with zero attached hydrogens (tertiary/aromatic N) is 1. The van der Waals surface area contributed by atoms with Gasteiger partial charge in [0.1, 0.15) is 6.04 Å². The molecule has 0 aromatic heterocycles. The molecule has 1 aliphatic heterocycles. The van der Waals surface area contributed by atoms with Gasteiger partial charge in [-0.05, 0) is 30.5 Å². The first kappa shape index (κ1) is 16.2. The highest BCUT2D eigenvalue weighted by Gasteiger charge is 2.43. The van der Waals surface area contributed by atoms with Crippen LogP contribution < -0.4 is 0 Å². The van der Waals surface area contributed by atoms with Crippen LogP contribution in [0.2, 0.25) is 5.02 Å². The van der Waals surface area contributed by atoms with Crippen LogP contribution >= 0.6 is 23.4 Å². The molecule has 0 spiro atoms. The van der Waals surface area contributed by atoms with Crippen molar-refractivity contribution in [3.05, 3.63) is 34.3 Å². The van der Waals surface area contributed by atoms with E-state index in [0.717, 1.165) is 5.56 Å². The second-order valence-corrected chi connectivity index (χ2v) is 7.07. The first-order valence-electron chi connectivity index (χ1n) is 6.76. The second-order valence-electron chi connectivity index (χ2n) is 5.52. The molecule has 114 valence electrons. The Morgan fingerprint density at radius 2 is 2.10 bits per heavy atom. The van der Waals surface area contributed by atoms with Crippen molar-refractivity contribution in [1.82, 2.24) is 4.90 Å².